The number of benzene rings is 1. The molecule has 7 nitrogen and oxygen atoms in total. The van der Waals surface area contributed by atoms with E-state index in [0.717, 1.165) is 18.0 Å². The van der Waals surface area contributed by atoms with Crippen LogP contribution in [0.1, 0.15) is 20.8 Å². The molecule has 1 amide bonds. The van der Waals surface area contributed by atoms with Gasteiger partial charge in [0, 0.05) is 32.6 Å². The Labute approximate surface area is 167 Å². The van der Waals surface area contributed by atoms with Crippen molar-refractivity contribution in [3.8, 4) is 11.5 Å². The Hall–Kier alpha value is -1.71. The van der Waals surface area contributed by atoms with Crippen molar-refractivity contribution in [2.45, 2.75) is 26.9 Å². The maximum atomic E-state index is 10.8. The number of guanidine groups is 1. The van der Waals surface area contributed by atoms with E-state index >= 15 is 0 Å². The molecule has 25 heavy (non-hydrogen) atoms. The van der Waals surface area contributed by atoms with Gasteiger partial charge in [0.1, 0.15) is 17.6 Å². The minimum atomic E-state index is -0.0806. The zero-order valence-corrected chi connectivity index (χ0v) is 17.6. The van der Waals surface area contributed by atoms with Crippen molar-refractivity contribution in [1.29, 1.82) is 0 Å². The van der Waals surface area contributed by atoms with Gasteiger partial charge in [-0.3, -0.25) is 4.79 Å². The fourth-order valence-electron chi connectivity index (χ4n) is 1.93. The van der Waals surface area contributed by atoms with Gasteiger partial charge < -0.3 is 25.4 Å². The van der Waals surface area contributed by atoms with Crippen LogP contribution in [0.4, 0.5) is 0 Å². The summed E-state index contributed by atoms with van der Waals surface area (Å²) < 4.78 is 11.0. The number of methoxy groups -OCH3 is 1. The van der Waals surface area contributed by atoms with Gasteiger partial charge in [-0.05, 0) is 26.0 Å². The molecule has 1 unspecified atom stereocenters. The molecule has 0 fully saturated rings. The quantitative estimate of drug-likeness (QED) is 0.225. The zero-order valence-electron chi connectivity index (χ0n) is 15.3. The van der Waals surface area contributed by atoms with Crippen molar-refractivity contribution in [2.24, 2.45) is 4.99 Å². The van der Waals surface area contributed by atoms with Gasteiger partial charge in [-0.2, -0.15) is 0 Å². The SMILES string of the molecule is CCNC(=NCC(C)Oc1cccc(OC)c1)NCCNC(C)=O.I. The van der Waals surface area contributed by atoms with Crippen molar-refractivity contribution >= 4 is 35.8 Å². The summed E-state index contributed by atoms with van der Waals surface area (Å²) in [5, 5.41) is 9.05. The molecule has 0 aliphatic heterocycles. The van der Waals surface area contributed by atoms with Gasteiger partial charge in [0.05, 0.1) is 13.7 Å². The molecule has 0 aliphatic rings. The molecule has 0 heterocycles. The number of hydrogen-bond acceptors (Lipinski definition) is 4. The minimum Gasteiger partial charge on any atom is -0.497 e. The lowest BCUT2D eigenvalue weighted by Crippen LogP contribution is -2.41. The molecule has 142 valence electrons. The van der Waals surface area contributed by atoms with E-state index in [1.54, 1.807) is 7.11 Å². The Morgan fingerprint density at radius 2 is 1.88 bits per heavy atom. The summed E-state index contributed by atoms with van der Waals surface area (Å²) in [5.41, 5.74) is 0. The summed E-state index contributed by atoms with van der Waals surface area (Å²) in [6.07, 6.45) is -0.0806. The molecule has 0 radical (unpaired) electrons. The predicted octanol–water partition coefficient (Wildman–Crippen LogP) is 1.77. The van der Waals surface area contributed by atoms with Gasteiger partial charge in [-0.1, -0.05) is 6.07 Å². The average Bonchev–Trinajstić information content (AvgIpc) is 2.56. The molecule has 1 aromatic carbocycles. The van der Waals surface area contributed by atoms with Crippen molar-refractivity contribution in [3.63, 3.8) is 0 Å². The Bertz CT molecular complexity index is 540. The normalized spacial score (nSPS) is 11.8. The maximum Gasteiger partial charge on any atom is 0.216 e. The standard InChI is InChI=1S/C17H28N4O3.HI/c1-5-18-17(20-10-9-19-14(3)22)21-12-13(2)24-16-8-6-7-15(11-16)23-4;/h6-8,11,13H,5,9-10,12H2,1-4H3,(H,19,22)(H2,18,20,21);1H. The fraction of sp³-hybridized carbons (Fsp3) is 0.529. The highest BCUT2D eigenvalue weighted by Gasteiger charge is 2.05. The minimum absolute atomic E-state index is 0. The van der Waals surface area contributed by atoms with Crippen LogP contribution in [0.15, 0.2) is 29.3 Å². The van der Waals surface area contributed by atoms with Crippen molar-refractivity contribution in [2.75, 3.05) is 33.3 Å². The van der Waals surface area contributed by atoms with Crippen LogP contribution in [0.2, 0.25) is 0 Å². The van der Waals surface area contributed by atoms with Gasteiger partial charge >= 0.3 is 0 Å². The highest BCUT2D eigenvalue weighted by molar-refractivity contribution is 14.0. The van der Waals surface area contributed by atoms with Crippen LogP contribution in [-0.2, 0) is 4.79 Å². The number of nitrogens with one attached hydrogen (secondary N) is 3. The second-order valence-corrected chi connectivity index (χ2v) is 5.24. The summed E-state index contributed by atoms with van der Waals surface area (Å²) in [6, 6.07) is 7.49. The van der Waals surface area contributed by atoms with Crippen LogP contribution in [-0.4, -0.2) is 51.3 Å². The topological polar surface area (TPSA) is 84.0 Å². The summed E-state index contributed by atoms with van der Waals surface area (Å²) >= 11 is 0. The van der Waals surface area contributed by atoms with E-state index < -0.39 is 0 Å². The average molecular weight is 464 g/mol. The molecule has 0 bridgehead atoms. The molecule has 0 aromatic heterocycles. The molecular formula is C17H29IN4O3. The Balaban J connectivity index is 0.00000576. The molecule has 1 aromatic rings. The van der Waals surface area contributed by atoms with E-state index in [4.69, 9.17) is 9.47 Å². The third-order valence-corrected chi connectivity index (χ3v) is 3.02. The van der Waals surface area contributed by atoms with Crippen LogP contribution in [0, 0.1) is 0 Å². The lowest BCUT2D eigenvalue weighted by Gasteiger charge is -2.15. The van der Waals surface area contributed by atoms with Crippen LogP contribution in [0.5, 0.6) is 11.5 Å². The van der Waals surface area contributed by atoms with Crippen molar-refractivity contribution in [1.82, 2.24) is 16.0 Å². The number of nitrogens with zero attached hydrogens (tertiary/aromatic N) is 1. The number of aliphatic imine (C=N–C) groups is 1. The zero-order chi connectivity index (χ0) is 17.8. The van der Waals surface area contributed by atoms with E-state index in [1.165, 1.54) is 6.92 Å². The molecule has 0 aliphatic carbocycles. The van der Waals surface area contributed by atoms with Crippen LogP contribution >= 0.6 is 24.0 Å². The smallest absolute Gasteiger partial charge is 0.216 e. The van der Waals surface area contributed by atoms with E-state index in [2.05, 4.69) is 20.9 Å². The number of amides is 1. The van der Waals surface area contributed by atoms with Crippen LogP contribution in [0.25, 0.3) is 0 Å². The summed E-state index contributed by atoms with van der Waals surface area (Å²) in [6.45, 7) is 7.89. The third-order valence-electron chi connectivity index (χ3n) is 3.02. The first-order chi connectivity index (χ1) is 11.5. The molecule has 8 heteroatoms. The Kier molecular flexibility index (Phi) is 12.6. The summed E-state index contributed by atoms with van der Waals surface area (Å²) in [7, 11) is 1.63. The molecule has 1 rings (SSSR count). The number of carbonyl (C=O) groups excluding carboxylic acids is 1. The highest BCUT2D eigenvalue weighted by Crippen LogP contribution is 2.19. The van der Waals surface area contributed by atoms with Gasteiger partial charge in [0.2, 0.25) is 5.91 Å². The first kappa shape index (κ1) is 23.3. The lowest BCUT2D eigenvalue weighted by molar-refractivity contribution is -0.118. The molecule has 0 spiro atoms. The summed E-state index contributed by atoms with van der Waals surface area (Å²) in [4.78, 5) is 15.3. The first-order valence-corrected chi connectivity index (χ1v) is 8.12. The van der Waals surface area contributed by atoms with Crippen molar-refractivity contribution in [3.05, 3.63) is 24.3 Å². The fourth-order valence-corrected chi connectivity index (χ4v) is 1.93. The monoisotopic (exact) mass is 464 g/mol. The van der Waals surface area contributed by atoms with E-state index in [9.17, 15) is 4.79 Å². The molecule has 3 N–H and O–H groups in total. The van der Waals surface area contributed by atoms with E-state index in [1.807, 2.05) is 38.1 Å². The Morgan fingerprint density at radius 3 is 2.52 bits per heavy atom. The second-order valence-electron chi connectivity index (χ2n) is 5.24. The largest absolute Gasteiger partial charge is 0.497 e. The second kappa shape index (κ2) is 13.6. The number of ether oxygens (including phenoxy) is 2. The Morgan fingerprint density at radius 1 is 1.20 bits per heavy atom. The van der Waals surface area contributed by atoms with Gasteiger partial charge in [0.15, 0.2) is 5.96 Å². The molecular weight excluding hydrogens is 435 g/mol. The van der Waals surface area contributed by atoms with E-state index in [-0.39, 0.29) is 36.0 Å². The highest BCUT2D eigenvalue weighted by atomic mass is 127. The lowest BCUT2D eigenvalue weighted by atomic mass is 10.3. The first-order valence-electron chi connectivity index (χ1n) is 8.12. The van der Waals surface area contributed by atoms with Gasteiger partial charge in [-0.25, -0.2) is 4.99 Å². The predicted molar refractivity (Wildman–Crippen MR) is 111 cm³/mol. The van der Waals surface area contributed by atoms with Crippen molar-refractivity contribution < 1.29 is 14.3 Å². The van der Waals surface area contributed by atoms with Crippen LogP contribution in [0.3, 0.4) is 0 Å². The van der Waals surface area contributed by atoms with Gasteiger partial charge in [0.25, 0.3) is 0 Å². The third kappa shape index (κ3) is 10.7. The maximum absolute atomic E-state index is 10.8. The van der Waals surface area contributed by atoms with E-state index in [0.29, 0.717) is 25.6 Å². The number of hydrogen-bond donors (Lipinski definition) is 3. The molecule has 1 atom stereocenters. The number of rotatable bonds is 9. The van der Waals surface area contributed by atoms with Gasteiger partial charge in [-0.15, -0.1) is 24.0 Å². The summed E-state index contributed by atoms with van der Waals surface area (Å²) in [5.74, 6) is 2.17. The number of carbonyl (C=O) groups is 1. The molecule has 0 saturated heterocycles. The molecule has 0 saturated carbocycles. The van der Waals surface area contributed by atoms with Crippen LogP contribution < -0.4 is 25.4 Å². The number of halogens is 1.